The standard InChI is InChI=1S/C25H30FN5O6S/c1-13(2)37-18(16-11-15(26)7-8-17(16)36-6)12-30-22-19(14(3)20(38-22)29-28-10-9-27)21(32)31(24(30)35)25(4,5)23(33)34/h7-11,13,18,27,29H,12H2,1-6H3,(H,33,34)/p+1/b27-9?,28-10-/t18-/m0/s1. The van der Waals surface area contributed by atoms with Crippen LogP contribution < -0.4 is 26.8 Å². The quantitative estimate of drug-likeness (QED) is 0.245. The normalized spacial score (nSPS) is 12.8. The van der Waals surface area contributed by atoms with E-state index in [0.717, 1.165) is 11.3 Å². The first-order chi connectivity index (χ1) is 17.8. The van der Waals surface area contributed by atoms with E-state index in [0.29, 0.717) is 26.4 Å². The number of nitrogens with one attached hydrogen (secondary N) is 1. The Kier molecular flexibility index (Phi) is 8.52. The maximum absolute atomic E-state index is 14.3. The average molecular weight is 549 g/mol. The zero-order valence-electron chi connectivity index (χ0n) is 21.9. The van der Waals surface area contributed by atoms with Crippen LogP contribution in [0.3, 0.4) is 0 Å². The average Bonchev–Trinajstić information content (AvgIpc) is 3.17. The Morgan fingerprint density at radius 1 is 1.34 bits per heavy atom. The van der Waals surface area contributed by atoms with Crippen molar-refractivity contribution < 1.29 is 29.2 Å². The molecule has 11 nitrogen and oxygen atoms in total. The van der Waals surface area contributed by atoms with E-state index in [4.69, 9.17) is 14.9 Å². The predicted octanol–water partition coefficient (Wildman–Crippen LogP) is 1.89. The van der Waals surface area contributed by atoms with E-state index < -0.39 is 34.7 Å². The lowest BCUT2D eigenvalue weighted by Crippen LogP contribution is -2.52. The number of rotatable bonds is 11. The Bertz CT molecular complexity index is 1520. The first kappa shape index (κ1) is 28.7. The van der Waals surface area contributed by atoms with Crippen LogP contribution in [-0.4, -0.2) is 45.9 Å². The molecule has 38 heavy (non-hydrogen) atoms. The van der Waals surface area contributed by atoms with E-state index in [1.807, 2.05) is 0 Å². The summed E-state index contributed by atoms with van der Waals surface area (Å²) in [5.41, 5.74) is 0.141. The molecule has 204 valence electrons. The van der Waals surface area contributed by atoms with Gasteiger partial charge in [-0.25, -0.2) is 18.5 Å². The van der Waals surface area contributed by atoms with Crippen molar-refractivity contribution in [2.75, 3.05) is 12.5 Å². The number of aliphatic carboxylic acids is 1. The molecule has 0 saturated carbocycles. The van der Waals surface area contributed by atoms with E-state index in [-0.39, 0.29) is 22.9 Å². The summed E-state index contributed by atoms with van der Waals surface area (Å²) in [6, 6.07) is 3.96. The third-order valence-corrected chi connectivity index (χ3v) is 7.16. The van der Waals surface area contributed by atoms with E-state index in [1.165, 1.54) is 56.2 Å². The fraction of sp³-hybridized carbons (Fsp3) is 0.400. The summed E-state index contributed by atoms with van der Waals surface area (Å²) in [4.78, 5) is 39.8. The molecule has 3 aromatic rings. The number of halogens is 1. The molecule has 1 aromatic carbocycles. The van der Waals surface area contributed by atoms with Gasteiger partial charge in [0, 0.05) is 11.1 Å². The van der Waals surface area contributed by atoms with Crippen molar-refractivity contribution in [3.05, 3.63) is 56.0 Å². The molecule has 0 saturated heterocycles. The molecule has 0 bridgehead atoms. The number of aromatic nitrogens is 2. The molecule has 2 heterocycles. The lowest BCUT2D eigenvalue weighted by molar-refractivity contribution is -0.146. The molecule has 0 aliphatic carbocycles. The molecule has 1 atom stereocenters. The van der Waals surface area contributed by atoms with E-state index >= 15 is 0 Å². The van der Waals surface area contributed by atoms with Crippen LogP contribution in [0.25, 0.3) is 10.2 Å². The second kappa shape index (κ2) is 11.3. The number of benzene rings is 1. The lowest BCUT2D eigenvalue weighted by Gasteiger charge is -2.26. The van der Waals surface area contributed by atoms with Gasteiger partial charge in [0.1, 0.15) is 39.3 Å². The number of hydrogen-bond donors (Lipinski definition) is 3. The molecule has 4 N–H and O–H groups in total. The predicted molar refractivity (Wildman–Crippen MR) is 144 cm³/mol. The number of carbonyl (C=O) groups is 1. The van der Waals surface area contributed by atoms with E-state index in [9.17, 15) is 23.9 Å². The molecule has 0 amide bonds. The number of nitrogens with zero attached hydrogens (tertiary/aromatic N) is 3. The van der Waals surface area contributed by atoms with Crippen molar-refractivity contribution in [1.29, 1.82) is 0 Å². The molecule has 13 heteroatoms. The minimum atomic E-state index is -1.87. The van der Waals surface area contributed by atoms with Crippen LogP contribution in [0.2, 0.25) is 0 Å². The zero-order valence-corrected chi connectivity index (χ0v) is 22.8. The highest BCUT2D eigenvalue weighted by Gasteiger charge is 2.36. The topological polar surface area (TPSA) is 150 Å². The van der Waals surface area contributed by atoms with Gasteiger partial charge < -0.3 is 14.6 Å². The molecule has 0 aliphatic rings. The summed E-state index contributed by atoms with van der Waals surface area (Å²) in [5.74, 6) is -1.54. The summed E-state index contributed by atoms with van der Waals surface area (Å²) in [7, 11) is 1.43. The first-order valence-electron chi connectivity index (χ1n) is 11.7. The van der Waals surface area contributed by atoms with Crippen LogP contribution in [0.15, 0.2) is 32.9 Å². The van der Waals surface area contributed by atoms with Gasteiger partial charge in [-0.2, -0.15) is 5.10 Å². The Morgan fingerprint density at radius 2 is 2.03 bits per heavy atom. The summed E-state index contributed by atoms with van der Waals surface area (Å²) >= 11 is 1.09. The molecule has 0 unspecified atom stereocenters. The van der Waals surface area contributed by atoms with E-state index in [2.05, 4.69) is 10.5 Å². The number of carboxylic acids is 1. The molecular weight excluding hydrogens is 517 g/mol. The molecule has 3 rings (SSSR count). The number of ether oxygens (including phenoxy) is 2. The lowest BCUT2D eigenvalue weighted by atomic mass is 10.1. The van der Waals surface area contributed by atoms with Gasteiger partial charge in [-0.3, -0.25) is 20.2 Å². The van der Waals surface area contributed by atoms with Gasteiger partial charge in [-0.1, -0.05) is 11.3 Å². The van der Waals surface area contributed by atoms with Crippen molar-refractivity contribution in [1.82, 2.24) is 9.13 Å². The third-order valence-electron chi connectivity index (χ3n) is 5.95. The number of methoxy groups -OCH3 is 1. The summed E-state index contributed by atoms with van der Waals surface area (Å²) < 4.78 is 27.8. The Hall–Kier alpha value is -3.84. The number of anilines is 1. The van der Waals surface area contributed by atoms with Crippen LogP contribution in [0.1, 0.15) is 44.9 Å². The van der Waals surface area contributed by atoms with Gasteiger partial charge >= 0.3 is 11.7 Å². The van der Waals surface area contributed by atoms with Crippen LogP contribution in [0.5, 0.6) is 5.75 Å². The SMILES string of the molecule is COc1ccc(F)cc1[C@H](Cn1c(=O)n(C(C)(C)C(=O)O)c(=O)c2c(C)c(N/N=C\C=[NH2+])sc21)OC(C)C. The fourth-order valence-corrected chi connectivity index (χ4v) is 5.16. The van der Waals surface area contributed by atoms with Gasteiger partial charge in [0.2, 0.25) is 0 Å². The highest BCUT2D eigenvalue weighted by molar-refractivity contribution is 7.22. The minimum Gasteiger partial charge on any atom is -0.496 e. The van der Waals surface area contributed by atoms with Gasteiger partial charge in [0.15, 0.2) is 6.21 Å². The molecular formula is C25H31FN5O6S+. The highest BCUT2D eigenvalue weighted by atomic mass is 32.1. The highest BCUT2D eigenvalue weighted by Crippen LogP contribution is 2.36. The van der Waals surface area contributed by atoms with Crippen LogP contribution in [-0.2, 0) is 21.6 Å². The molecule has 0 spiro atoms. The second-order valence-electron chi connectivity index (χ2n) is 9.28. The third kappa shape index (κ3) is 5.38. The Labute approximate surface area is 221 Å². The number of hydrazone groups is 1. The van der Waals surface area contributed by atoms with Gasteiger partial charge in [-0.05, 0) is 52.8 Å². The van der Waals surface area contributed by atoms with Gasteiger partial charge in [0.25, 0.3) is 5.56 Å². The van der Waals surface area contributed by atoms with Crippen molar-refractivity contribution in [2.45, 2.75) is 58.9 Å². The monoisotopic (exact) mass is 548 g/mol. The smallest absolute Gasteiger partial charge is 0.333 e. The maximum atomic E-state index is 14.3. The number of carboxylic acid groups (broad SMARTS) is 1. The van der Waals surface area contributed by atoms with Crippen molar-refractivity contribution in [3.8, 4) is 5.75 Å². The van der Waals surface area contributed by atoms with Crippen molar-refractivity contribution >= 4 is 45.0 Å². The number of nitrogens with two attached hydrogens (primary N) is 1. The summed E-state index contributed by atoms with van der Waals surface area (Å²) in [6.45, 7) is 7.62. The minimum absolute atomic E-state index is 0.146. The van der Waals surface area contributed by atoms with E-state index in [1.54, 1.807) is 20.8 Å². The number of fused-ring (bicyclic) bond motifs is 1. The van der Waals surface area contributed by atoms with Crippen LogP contribution >= 0.6 is 11.3 Å². The van der Waals surface area contributed by atoms with Crippen LogP contribution in [0.4, 0.5) is 9.39 Å². The summed E-state index contributed by atoms with van der Waals surface area (Å²) in [5, 5.41) is 19.8. The number of aryl methyl sites for hydroxylation is 1. The molecule has 0 aliphatic heterocycles. The number of hydrogen-bond acceptors (Lipinski definition) is 8. The molecule has 2 aromatic heterocycles. The van der Waals surface area contributed by atoms with Gasteiger partial charge in [-0.15, -0.1) is 0 Å². The Balaban J connectivity index is 2.39. The molecule has 0 radical (unpaired) electrons. The molecule has 0 fully saturated rings. The maximum Gasteiger partial charge on any atom is 0.333 e. The zero-order chi connectivity index (χ0) is 28.4. The van der Waals surface area contributed by atoms with Crippen molar-refractivity contribution in [2.24, 2.45) is 5.10 Å². The van der Waals surface area contributed by atoms with Gasteiger partial charge in [0.05, 0.1) is 25.1 Å². The first-order valence-corrected chi connectivity index (χ1v) is 12.5. The van der Waals surface area contributed by atoms with Crippen molar-refractivity contribution in [3.63, 3.8) is 0 Å². The summed E-state index contributed by atoms with van der Waals surface area (Å²) in [6.07, 6.45) is 1.31. The Morgan fingerprint density at radius 3 is 2.61 bits per heavy atom. The van der Waals surface area contributed by atoms with Crippen LogP contribution in [0, 0.1) is 12.7 Å². The fourth-order valence-electron chi connectivity index (χ4n) is 4.01. The largest absolute Gasteiger partial charge is 0.496 e. The second-order valence-corrected chi connectivity index (χ2v) is 10.3. The number of thiophene rings is 1.